The van der Waals surface area contributed by atoms with Crippen molar-refractivity contribution < 1.29 is 4.79 Å². The zero-order valence-electron chi connectivity index (χ0n) is 14.2. The molecule has 0 atom stereocenters. The van der Waals surface area contributed by atoms with Crippen molar-refractivity contribution >= 4 is 23.2 Å². The number of carbonyl (C=O) groups is 1. The molecule has 126 valence electrons. The number of hydrogen-bond donors (Lipinski definition) is 2. The van der Waals surface area contributed by atoms with Crippen LogP contribution >= 0.6 is 0 Å². The number of benzene rings is 2. The summed E-state index contributed by atoms with van der Waals surface area (Å²) >= 11 is 0. The summed E-state index contributed by atoms with van der Waals surface area (Å²) in [5.74, 6) is 0.551. The molecule has 0 unspecified atom stereocenters. The van der Waals surface area contributed by atoms with Crippen LogP contribution in [0.2, 0.25) is 0 Å². The van der Waals surface area contributed by atoms with Gasteiger partial charge in [0, 0.05) is 23.8 Å². The minimum Gasteiger partial charge on any atom is -0.324 e. The van der Waals surface area contributed by atoms with Crippen molar-refractivity contribution in [2.45, 2.75) is 19.8 Å². The van der Waals surface area contributed by atoms with Crippen LogP contribution in [-0.4, -0.2) is 15.9 Å². The third-order valence-corrected chi connectivity index (χ3v) is 3.77. The largest absolute Gasteiger partial charge is 0.324 e. The fraction of sp³-hybridized carbons (Fsp3) is 0.150. The second-order valence-corrected chi connectivity index (χ2v) is 5.98. The van der Waals surface area contributed by atoms with Crippen LogP contribution in [0.1, 0.15) is 35.7 Å². The molecule has 2 N–H and O–H groups in total. The van der Waals surface area contributed by atoms with E-state index in [0.717, 1.165) is 16.9 Å². The van der Waals surface area contributed by atoms with Crippen molar-refractivity contribution in [2.75, 3.05) is 10.6 Å². The lowest BCUT2D eigenvalue weighted by atomic mass is 10.0. The van der Waals surface area contributed by atoms with E-state index in [1.165, 1.54) is 12.4 Å². The van der Waals surface area contributed by atoms with Gasteiger partial charge in [0.2, 0.25) is 5.95 Å². The Morgan fingerprint density at radius 2 is 1.56 bits per heavy atom. The highest BCUT2D eigenvalue weighted by atomic mass is 16.1. The highest BCUT2D eigenvalue weighted by Crippen LogP contribution is 2.24. The van der Waals surface area contributed by atoms with Crippen molar-refractivity contribution in [1.82, 2.24) is 9.97 Å². The normalized spacial score (nSPS) is 10.5. The number of aromatic nitrogens is 2. The number of para-hydroxylation sites is 2. The van der Waals surface area contributed by atoms with Crippen LogP contribution in [0.3, 0.4) is 0 Å². The first-order valence-corrected chi connectivity index (χ1v) is 8.18. The van der Waals surface area contributed by atoms with Crippen LogP contribution < -0.4 is 10.6 Å². The number of anilines is 3. The molecule has 25 heavy (non-hydrogen) atoms. The fourth-order valence-corrected chi connectivity index (χ4v) is 2.47. The Morgan fingerprint density at radius 3 is 2.24 bits per heavy atom. The Balaban J connectivity index is 1.71. The number of carbonyl (C=O) groups excluding carboxylic acids is 1. The molecule has 1 amide bonds. The summed E-state index contributed by atoms with van der Waals surface area (Å²) in [6.07, 6.45) is 3.04. The third-order valence-electron chi connectivity index (χ3n) is 3.77. The van der Waals surface area contributed by atoms with Gasteiger partial charge in [-0.1, -0.05) is 50.2 Å². The number of nitrogens with one attached hydrogen (secondary N) is 2. The molecule has 0 spiro atoms. The zero-order chi connectivity index (χ0) is 17.6. The van der Waals surface area contributed by atoms with Crippen molar-refractivity contribution in [2.24, 2.45) is 0 Å². The number of rotatable bonds is 5. The molecule has 1 heterocycles. The van der Waals surface area contributed by atoms with E-state index in [-0.39, 0.29) is 5.91 Å². The Labute approximate surface area is 147 Å². The SMILES string of the molecule is CC(C)c1ccccc1NC(=O)c1cnc(Nc2ccccc2)nc1. The van der Waals surface area contributed by atoms with Crippen molar-refractivity contribution in [1.29, 1.82) is 0 Å². The smallest absolute Gasteiger partial charge is 0.258 e. The molecular weight excluding hydrogens is 312 g/mol. The number of hydrogen-bond acceptors (Lipinski definition) is 4. The summed E-state index contributed by atoms with van der Waals surface area (Å²) in [4.78, 5) is 20.9. The van der Waals surface area contributed by atoms with Gasteiger partial charge in [0.1, 0.15) is 0 Å². The molecular formula is C20H20N4O. The Hall–Kier alpha value is -3.21. The molecule has 3 aromatic rings. The summed E-state index contributed by atoms with van der Waals surface area (Å²) in [7, 11) is 0. The van der Waals surface area contributed by atoms with Gasteiger partial charge < -0.3 is 10.6 Å². The monoisotopic (exact) mass is 332 g/mol. The van der Waals surface area contributed by atoms with Crippen molar-refractivity contribution in [3.05, 3.63) is 78.1 Å². The van der Waals surface area contributed by atoms with E-state index in [0.29, 0.717) is 17.4 Å². The predicted octanol–water partition coefficient (Wildman–Crippen LogP) is 4.60. The summed E-state index contributed by atoms with van der Waals surface area (Å²) in [5.41, 5.74) is 3.22. The molecule has 0 aliphatic heterocycles. The van der Waals surface area contributed by atoms with E-state index in [1.54, 1.807) is 0 Å². The van der Waals surface area contributed by atoms with Gasteiger partial charge in [-0.05, 0) is 29.7 Å². The quantitative estimate of drug-likeness (QED) is 0.717. The van der Waals surface area contributed by atoms with Crippen molar-refractivity contribution in [3.63, 3.8) is 0 Å². The molecule has 0 fully saturated rings. The van der Waals surface area contributed by atoms with E-state index in [4.69, 9.17) is 0 Å². The molecule has 2 aromatic carbocycles. The minimum absolute atomic E-state index is 0.223. The molecule has 3 rings (SSSR count). The Kier molecular flexibility index (Phi) is 5.04. The second-order valence-electron chi connectivity index (χ2n) is 5.98. The predicted molar refractivity (Wildman–Crippen MR) is 100 cm³/mol. The fourth-order valence-electron chi connectivity index (χ4n) is 2.47. The first-order valence-electron chi connectivity index (χ1n) is 8.18. The molecule has 0 saturated heterocycles. The maximum atomic E-state index is 12.4. The van der Waals surface area contributed by atoms with E-state index in [2.05, 4.69) is 34.4 Å². The molecule has 0 radical (unpaired) electrons. The molecule has 5 nitrogen and oxygen atoms in total. The molecule has 0 saturated carbocycles. The third kappa shape index (κ3) is 4.20. The van der Waals surface area contributed by atoms with E-state index in [1.807, 2.05) is 54.6 Å². The maximum absolute atomic E-state index is 12.4. The number of amides is 1. The molecule has 0 aliphatic carbocycles. The highest BCUT2D eigenvalue weighted by molar-refractivity contribution is 6.04. The Morgan fingerprint density at radius 1 is 0.920 bits per heavy atom. The van der Waals surface area contributed by atoms with Gasteiger partial charge in [-0.15, -0.1) is 0 Å². The van der Waals surface area contributed by atoms with Crippen LogP contribution in [-0.2, 0) is 0 Å². The van der Waals surface area contributed by atoms with E-state index >= 15 is 0 Å². The lowest BCUT2D eigenvalue weighted by Crippen LogP contribution is -2.14. The molecule has 0 bridgehead atoms. The lowest BCUT2D eigenvalue weighted by Gasteiger charge is -2.13. The average molecular weight is 332 g/mol. The van der Waals surface area contributed by atoms with Crippen LogP contribution in [0.4, 0.5) is 17.3 Å². The maximum Gasteiger partial charge on any atom is 0.258 e. The van der Waals surface area contributed by atoms with Crippen LogP contribution in [0.15, 0.2) is 67.0 Å². The highest BCUT2D eigenvalue weighted by Gasteiger charge is 2.11. The Bertz CT molecular complexity index is 845. The topological polar surface area (TPSA) is 66.9 Å². The van der Waals surface area contributed by atoms with Gasteiger partial charge >= 0.3 is 0 Å². The van der Waals surface area contributed by atoms with Crippen LogP contribution in [0.25, 0.3) is 0 Å². The van der Waals surface area contributed by atoms with Gasteiger partial charge in [0.05, 0.1) is 5.56 Å². The first kappa shape index (κ1) is 16.6. The van der Waals surface area contributed by atoms with E-state index in [9.17, 15) is 4.79 Å². The van der Waals surface area contributed by atoms with Gasteiger partial charge in [-0.3, -0.25) is 4.79 Å². The van der Waals surface area contributed by atoms with Gasteiger partial charge in [0.25, 0.3) is 5.91 Å². The standard InChI is InChI=1S/C20H20N4O/c1-14(2)17-10-6-7-11-18(17)24-19(25)15-12-21-20(22-13-15)23-16-8-4-3-5-9-16/h3-14H,1-2H3,(H,24,25)(H,21,22,23). The summed E-state index contributed by atoms with van der Waals surface area (Å²) in [6.45, 7) is 4.19. The summed E-state index contributed by atoms with van der Waals surface area (Å²) in [5, 5.41) is 6.03. The molecule has 5 heteroatoms. The van der Waals surface area contributed by atoms with Gasteiger partial charge in [-0.2, -0.15) is 0 Å². The number of nitrogens with zero attached hydrogens (tertiary/aromatic N) is 2. The lowest BCUT2D eigenvalue weighted by molar-refractivity contribution is 0.102. The summed E-state index contributed by atoms with van der Waals surface area (Å²) in [6, 6.07) is 17.4. The summed E-state index contributed by atoms with van der Waals surface area (Å²) < 4.78 is 0. The molecule has 1 aromatic heterocycles. The van der Waals surface area contributed by atoms with Gasteiger partial charge in [-0.25, -0.2) is 9.97 Å². The second kappa shape index (κ2) is 7.57. The molecule has 0 aliphatic rings. The van der Waals surface area contributed by atoms with Crippen molar-refractivity contribution in [3.8, 4) is 0 Å². The van der Waals surface area contributed by atoms with Crippen LogP contribution in [0.5, 0.6) is 0 Å². The van der Waals surface area contributed by atoms with E-state index < -0.39 is 0 Å². The minimum atomic E-state index is -0.223. The van der Waals surface area contributed by atoms with Crippen LogP contribution in [0, 0.1) is 0 Å². The first-order chi connectivity index (χ1) is 12.1. The van der Waals surface area contributed by atoms with Gasteiger partial charge in [0.15, 0.2) is 0 Å². The average Bonchev–Trinajstić information content (AvgIpc) is 2.63. The zero-order valence-corrected chi connectivity index (χ0v) is 14.2.